The van der Waals surface area contributed by atoms with E-state index in [9.17, 15) is 5.11 Å². The van der Waals surface area contributed by atoms with E-state index in [0.29, 0.717) is 0 Å². The number of hydrogen-bond acceptors (Lipinski definition) is 1. The van der Waals surface area contributed by atoms with Crippen LogP contribution in [-0.4, -0.2) is 36.3 Å². The maximum absolute atomic E-state index is 9.48. The number of aliphatic hydroxyl groups excluding tert-OH is 1. The molecular weight excluding hydrogens is 389 g/mol. The highest BCUT2D eigenvalue weighted by Crippen LogP contribution is 2.17. The highest BCUT2D eigenvalue weighted by atomic mass is 35.5. The Balaban J connectivity index is 0.00000729. The summed E-state index contributed by atoms with van der Waals surface area (Å²) >= 11 is 5.99. The molecule has 2 nitrogen and oxygen atoms in total. The second-order valence-electron chi connectivity index (χ2n) is 8.46. The highest BCUT2D eigenvalue weighted by Gasteiger charge is 2.21. The van der Waals surface area contributed by atoms with E-state index in [2.05, 4.69) is 26.1 Å². The molecule has 0 saturated carbocycles. The molecule has 0 radical (unpaired) electrons. The van der Waals surface area contributed by atoms with Crippen molar-refractivity contribution >= 4 is 11.6 Å². The molecule has 1 rings (SSSR count). The number of unbranched alkanes of at least 4 members (excludes halogenated alkanes) is 11. The molecule has 0 aliphatic carbocycles. The number of nitrogens with zero attached hydrogens (tertiary/aromatic N) is 1. The van der Waals surface area contributed by atoms with Crippen molar-refractivity contribution < 1.29 is 22.0 Å². The third-order valence-corrected chi connectivity index (χ3v) is 5.92. The highest BCUT2D eigenvalue weighted by molar-refractivity contribution is 6.30. The molecule has 0 bridgehead atoms. The lowest BCUT2D eigenvalue weighted by Crippen LogP contribution is -3.00. The van der Waals surface area contributed by atoms with Crippen molar-refractivity contribution in [1.82, 2.24) is 0 Å². The summed E-state index contributed by atoms with van der Waals surface area (Å²) < 4.78 is 0.913. The average Bonchev–Trinajstić information content (AvgIpc) is 2.65. The smallest absolute Gasteiger partial charge is 0.104 e. The van der Waals surface area contributed by atoms with E-state index in [1.54, 1.807) is 0 Å². The predicted octanol–water partition coefficient (Wildman–Crippen LogP) is 3.98. The zero-order chi connectivity index (χ0) is 19.8. The minimum absolute atomic E-state index is 0. The lowest BCUT2D eigenvalue weighted by Gasteiger charge is -2.34. The number of rotatable bonds is 17. The molecule has 0 aromatic heterocycles. The molecule has 0 amide bonds. The SMILES string of the molecule is CCCCCCCCCCCCCC[N+](C)(CCO)Cc1ccc(Cl)cc1.[Cl-]. The van der Waals surface area contributed by atoms with Crippen molar-refractivity contribution in [2.24, 2.45) is 0 Å². The van der Waals surface area contributed by atoms with Crippen LogP contribution in [0.2, 0.25) is 5.02 Å². The summed E-state index contributed by atoms with van der Waals surface area (Å²) in [5.41, 5.74) is 1.30. The molecule has 164 valence electrons. The van der Waals surface area contributed by atoms with Gasteiger partial charge in [0.05, 0.1) is 20.2 Å². The van der Waals surface area contributed by atoms with Crippen LogP contribution in [0.1, 0.15) is 89.5 Å². The van der Waals surface area contributed by atoms with E-state index < -0.39 is 0 Å². The Hall–Kier alpha value is -0.280. The lowest BCUT2D eigenvalue weighted by atomic mass is 10.0. The van der Waals surface area contributed by atoms with Gasteiger partial charge in [-0.3, -0.25) is 0 Å². The number of benzene rings is 1. The van der Waals surface area contributed by atoms with Gasteiger partial charge in [0.2, 0.25) is 0 Å². The molecule has 1 aromatic rings. The topological polar surface area (TPSA) is 20.2 Å². The van der Waals surface area contributed by atoms with Gasteiger partial charge in [0, 0.05) is 10.6 Å². The zero-order valence-corrected chi connectivity index (χ0v) is 19.8. The predicted molar refractivity (Wildman–Crippen MR) is 119 cm³/mol. The third-order valence-electron chi connectivity index (χ3n) is 5.67. The van der Waals surface area contributed by atoms with Gasteiger partial charge in [-0.05, 0) is 25.0 Å². The quantitative estimate of drug-likeness (QED) is 0.292. The van der Waals surface area contributed by atoms with E-state index >= 15 is 0 Å². The fourth-order valence-corrected chi connectivity index (χ4v) is 4.00. The Morgan fingerprint density at radius 3 is 1.68 bits per heavy atom. The number of likely N-dealkylation sites (N-methyl/N-ethyl adjacent to an activating group) is 1. The van der Waals surface area contributed by atoms with Crippen molar-refractivity contribution in [1.29, 1.82) is 0 Å². The average molecular weight is 433 g/mol. The first-order valence-corrected chi connectivity index (χ1v) is 11.7. The molecule has 0 fully saturated rings. The van der Waals surface area contributed by atoms with Crippen molar-refractivity contribution in [3.05, 3.63) is 34.9 Å². The van der Waals surface area contributed by atoms with Crippen LogP contribution in [0.25, 0.3) is 0 Å². The summed E-state index contributed by atoms with van der Waals surface area (Å²) in [5.74, 6) is 0. The summed E-state index contributed by atoms with van der Waals surface area (Å²) in [5, 5.41) is 10.3. The van der Waals surface area contributed by atoms with Gasteiger partial charge in [0.25, 0.3) is 0 Å². The third kappa shape index (κ3) is 13.8. The first kappa shape index (κ1) is 27.7. The summed E-state index contributed by atoms with van der Waals surface area (Å²) in [4.78, 5) is 0. The second-order valence-corrected chi connectivity index (χ2v) is 8.90. The van der Waals surface area contributed by atoms with E-state index in [-0.39, 0.29) is 19.0 Å². The Bertz CT molecular complexity index is 466. The molecule has 1 atom stereocenters. The van der Waals surface area contributed by atoms with Crippen molar-refractivity contribution in [3.63, 3.8) is 0 Å². The monoisotopic (exact) mass is 431 g/mol. The van der Waals surface area contributed by atoms with Gasteiger partial charge in [-0.1, -0.05) is 94.9 Å². The van der Waals surface area contributed by atoms with Crippen molar-refractivity contribution in [2.45, 2.75) is 90.5 Å². The van der Waals surface area contributed by atoms with Gasteiger partial charge in [-0.15, -0.1) is 0 Å². The van der Waals surface area contributed by atoms with Crippen LogP contribution in [-0.2, 0) is 6.54 Å². The van der Waals surface area contributed by atoms with Crippen LogP contribution < -0.4 is 12.4 Å². The fourth-order valence-electron chi connectivity index (χ4n) is 3.88. The number of aliphatic hydroxyl groups is 1. The van der Waals surface area contributed by atoms with E-state index in [4.69, 9.17) is 11.6 Å². The van der Waals surface area contributed by atoms with Crippen LogP contribution in [0.4, 0.5) is 0 Å². The summed E-state index contributed by atoms with van der Waals surface area (Å²) in [6, 6.07) is 8.14. The van der Waals surface area contributed by atoms with Crippen LogP contribution >= 0.6 is 11.6 Å². The Morgan fingerprint density at radius 1 is 0.750 bits per heavy atom. The first-order valence-electron chi connectivity index (χ1n) is 11.3. The molecule has 1 aromatic carbocycles. The van der Waals surface area contributed by atoms with E-state index in [0.717, 1.165) is 29.1 Å². The van der Waals surface area contributed by atoms with Gasteiger partial charge in [0.1, 0.15) is 13.1 Å². The maximum Gasteiger partial charge on any atom is 0.104 e. The molecule has 0 aliphatic heterocycles. The van der Waals surface area contributed by atoms with E-state index in [1.165, 1.54) is 82.6 Å². The summed E-state index contributed by atoms with van der Waals surface area (Å²) in [6.07, 6.45) is 16.6. The molecule has 0 spiro atoms. The van der Waals surface area contributed by atoms with Gasteiger partial charge in [-0.2, -0.15) is 0 Å². The normalized spacial score (nSPS) is 13.1. The summed E-state index contributed by atoms with van der Waals surface area (Å²) in [7, 11) is 2.27. The van der Waals surface area contributed by atoms with Crippen LogP contribution in [0.15, 0.2) is 24.3 Å². The van der Waals surface area contributed by atoms with Gasteiger partial charge in [0.15, 0.2) is 0 Å². The number of halogens is 2. The molecule has 0 saturated heterocycles. The molecule has 1 N–H and O–H groups in total. The standard InChI is InChI=1S/C24H43ClNO.ClH/c1-3-4-5-6-7-8-9-10-11-12-13-14-19-26(2,20-21-27)22-23-15-17-24(25)18-16-23;/h15-18,27H,3-14,19-22H2,1-2H3;1H/q+1;/p-1. The Labute approximate surface area is 185 Å². The Morgan fingerprint density at radius 2 is 1.21 bits per heavy atom. The van der Waals surface area contributed by atoms with Crippen LogP contribution in [0, 0.1) is 0 Å². The minimum Gasteiger partial charge on any atom is -1.00 e. The fraction of sp³-hybridized carbons (Fsp3) is 0.750. The van der Waals surface area contributed by atoms with Gasteiger partial charge < -0.3 is 22.0 Å². The number of hydrogen-bond donors (Lipinski definition) is 1. The van der Waals surface area contributed by atoms with Gasteiger partial charge >= 0.3 is 0 Å². The Kier molecular flexibility index (Phi) is 17.4. The van der Waals surface area contributed by atoms with Crippen LogP contribution in [0.3, 0.4) is 0 Å². The molecule has 4 heteroatoms. The maximum atomic E-state index is 9.48. The second kappa shape index (κ2) is 17.6. The largest absolute Gasteiger partial charge is 1.00 e. The first-order chi connectivity index (χ1) is 13.1. The zero-order valence-electron chi connectivity index (χ0n) is 18.3. The lowest BCUT2D eigenvalue weighted by molar-refractivity contribution is -0.923. The molecular formula is C24H43Cl2NO. The summed E-state index contributed by atoms with van der Waals surface area (Å²) in [6.45, 7) is 5.46. The molecule has 0 aliphatic rings. The van der Waals surface area contributed by atoms with E-state index in [1.807, 2.05) is 12.1 Å². The van der Waals surface area contributed by atoms with Crippen LogP contribution in [0.5, 0.6) is 0 Å². The number of quaternary nitrogens is 1. The molecule has 0 heterocycles. The molecule has 28 heavy (non-hydrogen) atoms. The van der Waals surface area contributed by atoms with Gasteiger partial charge in [-0.25, -0.2) is 0 Å². The minimum atomic E-state index is 0. The van der Waals surface area contributed by atoms with Crippen molar-refractivity contribution in [3.8, 4) is 0 Å². The molecule has 1 unspecified atom stereocenters. The van der Waals surface area contributed by atoms with Crippen molar-refractivity contribution in [2.75, 3.05) is 26.7 Å².